The molecule has 0 aliphatic rings. The van der Waals surface area contributed by atoms with E-state index in [1.165, 1.54) is 6.20 Å². The molecular formula is C12H6F3NO2. The Morgan fingerprint density at radius 2 is 1.78 bits per heavy atom. The van der Waals surface area contributed by atoms with Crippen molar-refractivity contribution in [3.05, 3.63) is 53.6 Å². The van der Waals surface area contributed by atoms with Crippen LogP contribution in [-0.2, 0) is 0 Å². The number of halogens is 3. The Morgan fingerprint density at radius 3 is 2.33 bits per heavy atom. The van der Waals surface area contributed by atoms with E-state index in [0.29, 0.717) is 12.1 Å². The number of hydrogen-bond acceptors (Lipinski definition) is 2. The van der Waals surface area contributed by atoms with E-state index < -0.39 is 29.0 Å². The Morgan fingerprint density at radius 1 is 1.17 bits per heavy atom. The molecular weight excluding hydrogens is 247 g/mol. The molecule has 0 radical (unpaired) electrons. The normalized spacial score (nSPS) is 10.4. The topological polar surface area (TPSA) is 50.2 Å². The number of aromatic carboxylic acids is 1. The van der Waals surface area contributed by atoms with Gasteiger partial charge >= 0.3 is 5.97 Å². The van der Waals surface area contributed by atoms with E-state index in [4.69, 9.17) is 5.11 Å². The number of hydrogen-bond donors (Lipinski definition) is 1. The molecule has 0 unspecified atom stereocenters. The molecule has 1 heterocycles. The maximum atomic E-state index is 13.5. The molecule has 3 nitrogen and oxygen atoms in total. The number of pyridine rings is 1. The Kier molecular flexibility index (Phi) is 3.01. The van der Waals surface area contributed by atoms with Gasteiger partial charge in [-0.1, -0.05) is 0 Å². The van der Waals surface area contributed by atoms with E-state index >= 15 is 0 Å². The number of carboxylic acids is 1. The highest BCUT2D eigenvalue weighted by atomic mass is 19.1. The van der Waals surface area contributed by atoms with Crippen LogP contribution in [0.4, 0.5) is 13.2 Å². The summed E-state index contributed by atoms with van der Waals surface area (Å²) in [7, 11) is 0. The maximum absolute atomic E-state index is 13.5. The number of aromatic nitrogens is 1. The average Bonchev–Trinajstić information content (AvgIpc) is 2.28. The maximum Gasteiger partial charge on any atom is 0.337 e. The molecule has 0 bridgehead atoms. The third-order valence-electron chi connectivity index (χ3n) is 2.33. The zero-order chi connectivity index (χ0) is 13.3. The van der Waals surface area contributed by atoms with E-state index in [0.717, 1.165) is 12.3 Å². The Hall–Kier alpha value is -2.37. The van der Waals surface area contributed by atoms with Gasteiger partial charge in [0.15, 0.2) is 0 Å². The molecule has 0 saturated heterocycles. The van der Waals surface area contributed by atoms with Crippen molar-refractivity contribution >= 4 is 5.97 Å². The Bertz CT molecular complexity index is 605. The van der Waals surface area contributed by atoms with Gasteiger partial charge in [0.05, 0.1) is 11.1 Å². The van der Waals surface area contributed by atoms with Crippen LogP contribution in [0.5, 0.6) is 0 Å². The third-order valence-corrected chi connectivity index (χ3v) is 2.33. The lowest BCUT2D eigenvalue weighted by Gasteiger charge is -2.08. The van der Waals surface area contributed by atoms with Crippen LogP contribution in [0.3, 0.4) is 0 Å². The molecule has 0 aliphatic carbocycles. The fourth-order valence-corrected chi connectivity index (χ4v) is 1.58. The first-order chi connectivity index (χ1) is 8.50. The minimum atomic E-state index is -1.37. The summed E-state index contributed by atoms with van der Waals surface area (Å²) < 4.78 is 39.9. The molecule has 1 N–H and O–H groups in total. The van der Waals surface area contributed by atoms with Gasteiger partial charge in [-0.2, -0.15) is 0 Å². The molecule has 92 valence electrons. The number of carbonyl (C=O) groups is 1. The van der Waals surface area contributed by atoms with Gasteiger partial charge < -0.3 is 5.11 Å². The zero-order valence-corrected chi connectivity index (χ0v) is 8.82. The molecule has 6 heteroatoms. The summed E-state index contributed by atoms with van der Waals surface area (Å²) in [6.45, 7) is 0. The molecule has 1 aromatic carbocycles. The Labute approximate surface area is 99.5 Å². The predicted molar refractivity (Wildman–Crippen MR) is 56.5 cm³/mol. The van der Waals surface area contributed by atoms with Crippen LogP contribution in [0, 0.1) is 17.5 Å². The summed E-state index contributed by atoms with van der Waals surface area (Å²) in [5.74, 6) is -4.77. The quantitative estimate of drug-likeness (QED) is 0.895. The van der Waals surface area contributed by atoms with Crippen molar-refractivity contribution < 1.29 is 23.1 Å². The molecule has 0 spiro atoms. The van der Waals surface area contributed by atoms with E-state index in [2.05, 4.69) is 4.98 Å². The standard InChI is InChI=1S/C12H6F3NO2/c13-6-3-9(14)11(10(15)4-6)7-1-2-16-5-8(7)12(17)18/h1-5H,(H,17,18). The summed E-state index contributed by atoms with van der Waals surface area (Å²) >= 11 is 0. The molecule has 2 rings (SSSR count). The van der Waals surface area contributed by atoms with Crippen molar-refractivity contribution in [1.82, 2.24) is 4.98 Å². The fraction of sp³-hybridized carbons (Fsp3) is 0. The summed E-state index contributed by atoms with van der Waals surface area (Å²) in [4.78, 5) is 14.5. The summed E-state index contributed by atoms with van der Waals surface area (Å²) in [6.07, 6.45) is 2.17. The van der Waals surface area contributed by atoms with Crippen molar-refractivity contribution in [2.75, 3.05) is 0 Å². The van der Waals surface area contributed by atoms with Crippen molar-refractivity contribution in [3.8, 4) is 11.1 Å². The van der Waals surface area contributed by atoms with Crippen LogP contribution in [0.2, 0.25) is 0 Å². The highest BCUT2D eigenvalue weighted by molar-refractivity contribution is 5.95. The average molecular weight is 253 g/mol. The monoisotopic (exact) mass is 253 g/mol. The highest BCUT2D eigenvalue weighted by Crippen LogP contribution is 2.29. The highest BCUT2D eigenvalue weighted by Gasteiger charge is 2.19. The van der Waals surface area contributed by atoms with Crippen molar-refractivity contribution in [3.63, 3.8) is 0 Å². The van der Waals surface area contributed by atoms with Gasteiger partial charge in [0.1, 0.15) is 17.5 Å². The van der Waals surface area contributed by atoms with Gasteiger partial charge in [-0.05, 0) is 6.07 Å². The largest absolute Gasteiger partial charge is 0.478 e. The summed E-state index contributed by atoms with van der Waals surface area (Å²) in [6, 6.07) is 2.14. The molecule has 18 heavy (non-hydrogen) atoms. The van der Waals surface area contributed by atoms with Crippen LogP contribution >= 0.6 is 0 Å². The first-order valence-corrected chi connectivity index (χ1v) is 4.83. The van der Waals surface area contributed by atoms with Gasteiger partial charge in [0, 0.05) is 30.1 Å². The predicted octanol–water partition coefficient (Wildman–Crippen LogP) is 2.86. The summed E-state index contributed by atoms with van der Waals surface area (Å²) in [5.41, 5.74) is -1.13. The van der Waals surface area contributed by atoms with Gasteiger partial charge in [-0.25, -0.2) is 18.0 Å². The van der Waals surface area contributed by atoms with Gasteiger partial charge in [0.2, 0.25) is 0 Å². The lowest BCUT2D eigenvalue weighted by atomic mass is 10.0. The number of rotatable bonds is 2. The molecule has 0 amide bonds. The minimum Gasteiger partial charge on any atom is -0.478 e. The summed E-state index contributed by atoms with van der Waals surface area (Å²) in [5, 5.41) is 8.90. The lowest BCUT2D eigenvalue weighted by Crippen LogP contribution is -2.03. The zero-order valence-electron chi connectivity index (χ0n) is 8.82. The van der Waals surface area contributed by atoms with Crippen LogP contribution in [0.1, 0.15) is 10.4 Å². The van der Waals surface area contributed by atoms with Crippen LogP contribution in [0.25, 0.3) is 11.1 Å². The van der Waals surface area contributed by atoms with E-state index in [1.54, 1.807) is 0 Å². The second kappa shape index (κ2) is 4.48. The second-order valence-electron chi connectivity index (χ2n) is 3.47. The van der Waals surface area contributed by atoms with Gasteiger partial charge in [-0.15, -0.1) is 0 Å². The van der Waals surface area contributed by atoms with Gasteiger partial charge in [0.25, 0.3) is 0 Å². The number of benzene rings is 1. The number of nitrogens with zero attached hydrogens (tertiary/aromatic N) is 1. The van der Waals surface area contributed by atoms with Crippen molar-refractivity contribution in [1.29, 1.82) is 0 Å². The number of carboxylic acid groups (broad SMARTS) is 1. The first-order valence-electron chi connectivity index (χ1n) is 4.83. The van der Waals surface area contributed by atoms with E-state index in [9.17, 15) is 18.0 Å². The van der Waals surface area contributed by atoms with E-state index in [1.807, 2.05) is 0 Å². The third kappa shape index (κ3) is 2.04. The molecule has 0 aliphatic heterocycles. The molecule has 0 fully saturated rings. The minimum absolute atomic E-state index is 0.187. The molecule has 1 aromatic heterocycles. The van der Waals surface area contributed by atoms with Gasteiger partial charge in [-0.3, -0.25) is 4.98 Å². The molecule has 0 atom stereocenters. The van der Waals surface area contributed by atoms with Crippen molar-refractivity contribution in [2.45, 2.75) is 0 Å². The van der Waals surface area contributed by atoms with Crippen LogP contribution in [0.15, 0.2) is 30.6 Å². The smallest absolute Gasteiger partial charge is 0.337 e. The molecule has 2 aromatic rings. The van der Waals surface area contributed by atoms with Crippen LogP contribution in [-0.4, -0.2) is 16.1 Å². The lowest BCUT2D eigenvalue weighted by molar-refractivity contribution is 0.0697. The SMILES string of the molecule is O=C(O)c1cnccc1-c1c(F)cc(F)cc1F. The Balaban J connectivity index is 2.74. The van der Waals surface area contributed by atoms with Crippen molar-refractivity contribution in [2.24, 2.45) is 0 Å². The van der Waals surface area contributed by atoms with E-state index in [-0.39, 0.29) is 11.1 Å². The molecule has 0 saturated carbocycles. The first kappa shape index (κ1) is 12.1. The fourth-order valence-electron chi connectivity index (χ4n) is 1.58. The van der Waals surface area contributed by atoms with Crippen LogP contribution < -0.4 is 0 Å². The second-order valence-corrected chi connectivity index (χ2v) is 3.47.